The molecule has 0 aliphatic heterocycles. The molecule has 0 radical (unpaired) electrons. The monoisotopic (exact) mass is 292 g/mol. The van der Waals surface area contributed by atoms with E-state index in [-0.39, 0.29) is 12.4 Å². The third-order valence-electron chi connectivity index (χ3n) is 2.68. The Morgan fingerprint density at radius 1 is 1.21 bits per heavy atom. The molecule has 0 aliphatic carbocycles. The molecule has 2 N–H and O–H groups in total. The fourth-order valence-corrected chi connectivity index (χ4v) is 2.75. The molecule has 2 heterocycles. The van der Waals surface area contributed by atoms with E-state index < -0.39 is 0 Å². The summed E-state index contributed by atoms with van der Waals surface area (Å²) >= 11 is 7.26. The highest BCUT2D eigenvalue weighted by Gasteiger charge is 2.12. The molecule has 0 spiro atoms. The zero-order valence-corrected chi connectivity index (χ0v) is 11.2. The number of fused-ring (bicyclic) bond motifs is 1. The molecular weight excluding hydrogens is 284 g/mol. The predicted molar refractivity (Wildman–Crippen MR) is 75.4 cm³/mol. The van der Waals surface area contributed by atoms with Crippen LogP contribution in [0, 0.1) is 0 Å². The average molecular weight is 293 g/mol. The van der Waals surface area contributed by atoms with Crippen molar-refractivity contribution in [1.29, 1.82) is 0 Å². The molecule has 0 saturated carbocycles. The van der Waals surface area contributed by atoms with Crippen molar-refractivity contribution in [3.63, 3.8) is 0 Å². The Balaban J connectivity index is 2.19. The fraction of sp³-hybridized carbons (Fsp3) is 0.0769. The van der Waals surface area contributed by atoms with Gasteiger partial charge in [-0.25, -0.2) is 9.97 Å². The highest BCUT2D eigenvalue weighted by molar-refractivity contribution is 7.13. The first-order valence-electron chi connectivity index (χ1n) is 5.52. The Bertz CT molecular complexity index is 757. The van der Waals surface area contributed by atoms with Gasteiger partial charge in [0.25, 0.3) is 0 Å². The summed E-state index contributed by atoms with van der Waals surface area (Å²) in [6.45, 7) is -0.128. The fourth-order valence-electron chi connectivity index (χ4n) is 1.77. The van der Waals surface area contributed by atoms with Gasteiger partial charge in [0, 0.05) is 15.8 Å². The van der Waals surface area contributed by atoms with Crippen molar-refractivity contribution in [3.8, 4) is 16.5 Å². The third-order valence-corrected chi connectivity index (χ3v) is 3.81. The summed E-state index contributed by atoms with van der Waals surface area (Å²) < 4.78 is 0. The minimum Gasteiger partial charge on any atom is -0.506 e. The number of rotatable bonds is 2. The molecule has 0 unspecified atom stereocenters. The van der Waals surface area contributed by atoms with Gasteiger partial charge in [0.05, 0.1) is 17.8 Å². The van der Waals surface area contributed by atoms with E-state index in [2.05, 4.69) is 9.97 Å². The van der Waals surface area contributed by atoms with E-state index in [9.17, 15) is 5.11 Å². The third kappa shape index (κ3) is 2.28. The Morgan fingerprint density at radius 3 is 2.79 bits per heavy atom. The summed E-state index contributed by atoms with van der Waals surface area (Å²) in [5, 5.41) is 22.7. The van der Waals surface area contributed by atoms with E-state index in [4.69, 9.17) is 16.7 Å². The Morgan fingerprint density at radius 2 is 2.05 bits per heavy atom. The zero-order chi connectivity index (χ0) is 13.4. The second kappa shape index (κ2) is 4.77. The summed E-state index contributed by atoms with van der Waals surface area (Å²) in [5.74, 6) is 0.0636. The lowest BCUT2D eigenvalue weighted by atomic mass is 10.2. The van der Waals surface area contributed by atoms with Crippen LogP contribution >= 0.6 is 22.9 Å². The van der Waals surface area contributed by atoms with Crippen LogP contribution < -0.4 is 0 Å². The van der Waals surface area contributed by atoms with Gasteiger partial charge < -0.3 is 10.2 Å². The van der Waals surface area contributed by atoms with Crippen LogP contribution in [-0.2, 0) is 6.61 Å². The van der Waals surface area contributed by atoms with Gasteiger partial charge in [-0.2, -0.15) is 0 Å². The van der Waals surface area contributed by atoms with E-state index in [0.717, 1.165) is 5.39 Å². The quantitative estimate of drug-likeness (QED) is 0.761. The predicted octanol–water partition coefficient (Wildman–Crippen LogP) is 3.21. The molecule has 6 heteroatoms. The minimum absolute atomic E-state index is 0.0636. The van der Waals surface area contributed by atoms with Gasteiger partial charge in [-0.05, 0) is 18.2 Å². The summed E-state index contributed by atoms with van der Waals surface area (Å²) in [6.07, 6.45) is 0. The highest BCUT2D eigenvalue weighted by Crippen LogP contribution is 2.33. The zero-order valence-electron chi connectivity index (χ0n) is 9.67. The van der Waals surface area contributed by atoms with Crippen LogP contribution in [0.25, 0.3) is 21.6 Å². The molecular formula is C13H9ClN2O2S. The van der Waals surface area contributed by atoms with Crippen LogP contribution in [0.2, 0.25) is 5.02 Å². The van der Waals surface area contributed by atoms with Gasteiger partial charge in [0.15, 0.2) is 0 Å². The van der Waals surface area contributed by atoms with Crippen molar-refractivity contribution < 1.29 is 10.2 Å². The summed E-state index contributed by atoms with van der Waals surface area (Å²) in [4.78, 5) is 8.59. The SMILES string of the molecule is OCc1csc(-c2nc3cc(Cl)ccc3cc2O)n1. The smallest absolute Gasteiger partial charge is 0.146 e. The molecule has 0 aliphatic rings. The molecule has 0 saturated heterocycles. The van der Waals surface area contributed by atoms with Crippen molar-refractivity contribution in [2.45, 2.75) is 6.61 Å². The first kappa shape index (κ1) is 12.3. The second-order valence-corrected chi connectivity index (χ2v) is 5.29. The first-order valence-corrected chi connectivity index (χ1v) is 6.78. The van der Waals surface area contributed by atoms with Gasteiger partial charge in [-0.3, -0.25) is 0 Å². The Hall–Kier alpha value is -1.69. The van der Waals surface area contributed by atoms with E-state index >= 15 is 0 Å². The molecule has 3 aromatic rings. The lowest BCUT2D eigenvalue weighted by molar-refractivity contribution is 0.278. The van der Waals surface area contributed by atoms with Crippen molar-refractivity contribution in [3.05, 3.63) is 40.4 Å². The molecule has 0 amide bonds. The number of aromatic hydroxyl groups is 1. The average Bonchev–Trinajstić information content (AvgIpc) is 2.87. The number of hydrogen-bond donors (Lipinski definition) is 2. The first-order chi connectivity index (χ1) is 9.17. The number of aliphatic hydroxyl groups excluding tert-OH is 1. The van der Waals surface area contributed by atoms with Crippen molar-refractivity contribution in [2.24, 2.45) is 0 Å². The van der Waals surface area contributed by atoms with Gasteiger partial charge >= 0.3 is 0 Å². The lowest BCUT2D eigenvalue weighted by Gasteiger charge is -2.04. The topological polar surface area (TPSA) is 66.2 Å². The number of hydrogen-bond acceptors (Lipinski definition) is 5. The summed E-state index contributed by atoms with van der Waals surface area (Å²) in [7, 11) is 0. The number of benzene rings is 1. The van der Waals surface area contributed by atoms with Crippen LogP contribution in [-0.4, -0.2) is 20.2 Å². The van der Waals surface area contributed by atoms with E-state index in [1.165, 1.54) is 11.3 Å². The number of aromatic nitrogens is 2. The molecule has 3 rings (SSSR count). The van der Waals surface area contributed by atoms with Crippen LogP contribution in [0.1, 0.15) is 5.69 Å². The van der Waals surface area contributed by atoms with E-state index in [1.54, 1.807) is 29.6 Å². The lowest BCUT2D eigenvalue weighted by Crippen LogP contribution is -1.88. The molecule has 19 heavy (non-hydrogen) atoms. The van der Waals surface area contributed by atoms with Crippen LogP contribution in [0.15, 0.2) is 29.6 Å². The number of halogens is 1. The van der Waals surface area contributed by atoms with Crippen LogP contribution in [0.4, 0.5) is 0 Å². The Kier molecular flexibility index (Phi) is 3.10. The van der Waals surface area contributed by atoms with E-state index in [1.807, 2.05) is 0 Å². The molecule has 0 fully saturated rings. The van der Waals surface area contributed by atoms with Gasteiger partial charge in [-0.15, -0.1) is 11.3 Å². The second-order valence-electron chi connectivity index (χ2n) is 4.00. The molecule has 4 nitrogen and oxygen atoms in total. The summed E-state index contributed by atoms with van der Waals surface area (Å²) in [5.41, 5.74) is 1.66. The highest BCUT2D eigenvalue weighted by atomic mass is 35.5. The molecule has 96 valence electrons. The number of thiazole rings is 1. The number of nitrogens with zero attached hydrogens (tertiary/aromatic N) is 2. The maximum Gasteiger partial charge on any atom is 0.146 e. The van der Waals surface area contributed by atoms with E-state index in [0.29, 0.717) is 26.9 Å². The Labute approximate surface area is 118 Å². The summed E-state index contributed by atoms with van der Waals surface area (Å²) in [6, 6.07) is 6.92. The maximum absolute atomic E-state index is 10.0. The minimum atomic E-state index is -0.128. The largest absolute Gasteiger partial charge is 0.506 e. The number of pyridine rings is 1. The van der Waals surface area contributed by atoms with Crippen molar-refractivity contribution in [1.82, 2.24) is 9.97 Å². The molecule has 1 aromatic carbocycles. The maximum atomic E-state index is 10.0. The normalized spacial score (nSPS) is 11.1. The standard InChI is InChI=1S/C13H9ClN2O2S/c14-8-2-1-7-3-11(18)12(16-10(7)4-8)13-15-9(5-17)6-19-13/h1-4,6,17-18H,5H2. The van der Waals surface area contributed by atoms with Gasteiger partial charge in [-0.1, -0.05) is 17.7 Å². The number of aliphatic hydroxyl groups is 1. The van der Waals surface area contributed by atoms with Crippen molar-refractivity contribution >= 4 is 33.8 Å². The van der Waals surface area contributed by atoms with Crippen LogP contribution in [0.3, 0.4) is 0 Å². The van der Waals surface area contributed by atoms with Crippen LogP contribution in [0.5, 0.6) is 5.75 Å². The van der Waals surface area contributed by atoms with Crippen molar-refractivity contribution in [2.75, 3.05) is 0 Å². The molecule has 0 atom stereocenters. The molecule has 0 bridgehead atoms. The molecule has 2 aromatic heterocycles. The van der Waals surface area contributed by atoms with Gasteiger partial charge in [0.1, 0.15) is 16.5 Å². The van der Waals surface area contributed by atoms with Gasteiger partial charge in [0.2, 0.25) is 0 Å².